The van der Waals surface area contributed by atoms with Crippen molar-refractivity contribution in [3.63, 3.8) is 0 Å². The zero-order chi connectivity index (χ0) is 11.1. The van der Waals surface area contributed by atoms with E-state index in [0.717, 1.165) is 25.9 Å². The summed E-state index contributed by atoms with van der Waals surface area (Å²) >= 11 is 0. The molecule has 2 N–H and O–H groups in total. The highest BCUT2D eigenvalue weighted by Crippen LogP contribution is 2.13. The summed E-state index contributed by atoms with van der Waals surface area (Å²) in [5.41, 5.74) is 0. The molecule has 1 fully saturated rings. The number of aliphatic hydroxyl groups is 1. The SMILES string of the molecule is O=C(O)CCN1CCC(OCCO)CC1. The summed E-state index contributed by atoms with van der Waals surface area (Å²) in [6.45, 7) is 2.88. The molecule has 0 radical (unpaired) electrons. The Morgan fingerprint density at radius 1 is 1.40 bits per heavy atom. The second kappa shape index (κ2) is 6.76. The fourth-order valence-corrected chi connectivity index (χ4v) is 1.77. The smallest absolute Gasteiger partial charge is 0.304 e. The molecule has 1 aliphatic heterocycles. The maximum absolute atomic E-state index is 10.4. The molecule has 0 spiro atoms. The molecule has 1 rings (SSSR count). The van der Waals surface area contributed by atoms with Gasteiger partial charge >= 0.3 is 5.97 Å². The maximum Gasteiger partial charge on any atom is 0.304 e. The summed E-state index contributed by atoms with van der Waals surface area (Å²) in [5.74, 6) is -0.742. The third-order valence-electron chi connectivity index (χ3n) is 2.62. The molecule has 0 saturated carbocycles. The number of aliphatic hydroxyl groups excluding tert-OH is 1. The molecule has 0 aromatic heterocycles. The Kier molecular flexibility index (Phi) is 5.60. The first-order chi connectivity index (χ1) is 7.22. The van der Waals surface area contributed by atoms with E-state index in [0.29, 0.717) is 13.2 Å². The van der Waals surface area contributed by atoms with Crippen molar-refractivity contribution in [2.24, 2.45) is 0 Å². The van der Waals surface area contributed by atoms with Crippen LogP contribution < -0.4 is 0 Å². The van der Waals surface area contributed by atoms with Crippen LogP contribution in [-0.2, 0) is 9.53 Å². The van der Waals surface area contributed by atoms with E-state index in [2.05, 4.69) is 4.90 Å². The van der Waals surface area contributed by atoms with Crippen molar-refractivity contribution in [1.82, 2.24) is 4.90 Å². The molecule has 0 amide bonds. The normalized spacial score (nSPS) is 19.3. The van der Waals surface area contributed by atoms with Crippen LogP contribution in [-0.4, -0.2) is 60.0 Å². The summed E-state index contributed by atoms with van der Waals surface area (Å²) in [5, 5.41) is 17.1. The summed E-state index contributed by atoms with van der Waals surface area (Å²) in [6.07, 6.45) is 2.31. The molecule has 0 aliphatic carbocycles. The Hall–Kier alpha value is -0.650. The number of hydrogen-bond donors (Lipinski definition) is 2. The van der Waals surface area contributed by atoms with Gasteiger partial charge in [0.05, 0.1) is 25.7 Å². The molecule has 15 heavy (non-hydrogen) atoms. The third-order valence-corrected chi connectivity index (χ3v) is 2.62. The zero-order valence-electron chi connectivity index (χ0n) is 8.89. The quantitative estimate of drug-likeness (QED) is 0.652. The van der Waals surface area contributed by atoms with Crippen molar-refractivity contribution in [2.75, 3.05) is 32.8 Å². The van der Waals surface area contributed by atoms with E-state index in [9.17, 15) is 4.79 Å². The lowest BCUT2D eigenvalue weighted by Crippen LogP contribution is -2.38. The van der Waals surface area contributed by atoms with E-state index in [1.807, 2.05) is 0 Å². The van der Waals surface area contributed by atoms with E-state index >= 15 is 0 Å². The summed E-state index contributed by atoms with van der Waals surface area (Å²) < 4.78 is 5.41. The lowest BCUT2D eigenvalue weighted by atomic mass is 10.1. The molecular formula is C10H19NO4. The lowest BCUT2D eigenvalue weighted by molar-refractivity contribution is -0.137. The van der Waals surface area contributed by atoms with Gasteiger partial charge in [0.2, 0.25) is 0 Å². The van der Waals surface area contributed by atoms with E-state index < -0.39 is 5.97 Å². The van der Waals surface area contributed by atoms with Gasteiger partial charge in [-0.2, -0.15) is 0 Å². The van der Waals surface area contributed by atoms with Gasteiger partial charge in [-0.15, -0.1) is 0 Å². The number of nitrogens with zero attached hydrogens (tertiary/aromatic N) is 1. The fraction of sp³-hybridized carbons (Fsp3) is 0.900. The summed E-state index contributed by atoms with van der Waals surface area (Å²) in [7, 11) is 0. The van der Waals surface area contributed by atoms with Crippen LogP contribution in [0.2, 0.25) is 0 Å². The Balaban J connectivity index is 2.09. The van der Waals surface area contributed by atoms with Crippen LogP contribution >= 0.6 is 0 Å². The number of carboxylic acid groups (broad SMARTS) is 1. The number of carbonyl (C=O) groups is 1. The lowest BCUT2D eigenvalue weighted by Gasteiger charge is -2.31. The molecule has 1 heterocycles. The number of likely N-dealkylation sites (tertiary alicyclic amines) is 1. The predicted molar refractivity (Wildman–Crippen MR) is 54.8 cm³/mol. The Labute approximate surface area is 89.6 Å². The average Bonchev–Trinajstić information content (AvgIpc) is 2.25. The van der Waals surface area contributed by atoms with Gasteiger partial charge in [0.1, 0.15) is 0 Å². The minimum Gasteiger partial charge on any atom is -0.481 e. The number of hydrogen-bond acceptors (Lipinski definition) is 4. The van der Waals surface area contributed by atoms with Gasteiger partial charge in [-0.25, -0.2) is 0 Å². The molecule has 0 aromatic rings. The number of aliphatic carboxylic acids is 1. The summed E-state index contributed by atoms with van der Waals surface area (Å²) in [6, 6.07) is 0. The van der Waals surface area contributed by atoms with Gasteiger partial charge in [-0.05, 0) is 12.8 Å². The van der Waals surface area contributed by atoms with Crippen LogP contribution in [0.25, 0.3) is 0 Å². The van der Waals surface area contributed by atoms with E-state index in [-0.39, 0.29) is 19.1 Å². The van der Waals surface area contributed by atoms with Crippen LogP contribution in [0, 0.1) is 0 Å². The maximum atomic E-state index is 10.4. The number of rotatable bonds is 6. The first-order valence-corrected chi connectivity index (χ1v) is 5.39. The van der Waals surface area contributed by atoms with E-state index in [1.54, 1.807) is 0 Å². The summed E-state index contributed by atoms with van der Waals surface area (Å²) in [4.78, 5) is 12.5. The van der Waals surface area contributed by atoms with Gasteiger partial charge in [0.25, 0.3) is 0 Å². The third kappa shape index (κ3) is 5.11. The molecule has 1 aliphatic rings. The van der Waals surface area contributed by atoms with Crippen LogP contribution in [0.3, 0.4) is 0 Å². The number of piperidine rings is 1. The Morgan fingerprint density at radius 2 is 2.07 bits per heavy atom. The average molecular weight is 217 g/mol. The monoisotopic (exact) mass is 217 g/mol. The predicted octanol–water partition coefficient (Wildman–Crippen LogP) is -0.0656. The first kappa shape index (κ1) is 12.4. The number of carboxylic acids is 1. The van der Waals surface area contributed by atoms with Crippen molar-refractivity contribution in [1.29, 1.82) is 0 Å². The van der Waals surface area contributed by atoms with Crippen molar-refractivity contribution in [3.05, 3.63) is 0 Å². The topological polar surface area (TPSA) is 70.0 Å². The van der Waals surface area contributed by atoms with Crippen LogP contribution in [0.15, 0.2) is 0 Å². The van der Waals surface area contributed by atoms with Gasteiger partial charge in [0, 0.05) is 19.6 Å². The van der Waals surface area contributed by atoms with Gasteiger partial charge in [-0.1, -0.05) is 0 Å². The van der Waals surface area contributed by atoms with Gasteiger partial charge in [0.15, 0.2) is 0 Å². The highest BCUT2D eigenvalue weighted by molar-refractivity contribution is 5.66. The van der Waals surface area contributed by atoms with Gasteiger partial charge < -0.3 is 19.8 Å². The van der Waals surface area contributed by atoms with Crippen LogP contribution in [0.5, 0.6) is 0 Å². The Bertz CT molecular complexity index is 190. The molecule has 1 saturated heterocycles. The van der Waals surface area contributed by atoms with Crippen LogP contribution in [0.4, 0.5) is 0 Å². The van der Waals surface area contributed by atoms with E-state index in [4.69, 9.17) is 14.9 Å². The van der Waals surface area contributed by atoms with Crippen molar-refractivity contribution < 1.29 is 19.7 Å². The molecule has 0 aromatic carbocycles. The van der Waals surface area contributed by atoms with Gasteiger partial charge in [-0.3, -0.25) is 4.79 Å². The first-order valence-electron chi connectivity index (χ1n) is 5.39. The zero-order valence-corrected chi connectivity index (χ0v) is 8.89. The Morgan fingerprint density at radius 3 is 2.60 bits per heavy atom. The second-order valence-corrected chi connectivity index (χ2v) is 3.78. The minimum atomic E-state index is -0.742. The second-order valence-electron chi connectivity index (χ2n) is 3.78. The highest BCUT2D eigenvalue weighted by atomic mass is 16.5. The molecule has 0 bridgehead atoms. The largest absolute Gasteiger partial charge is 0.481 e. The fourth-order valence-electron chi connectivity index (χ4n) is 1.77. The van der Waals surface area contributed by atoms with Crippen molar-refractivity contribution in [2.45, 2.75) is 25.4 Å². The number of ether oxygens (including phenoxy) is 1. The molecular weight excluding hydrogens is 198 g/mol. The highest BCUT2D eigenvalue weighted by Gasteiger charge is 2.19. The molecule has 5 heteroatoms. The minimum absolute atomic E-state index is 0.0687. The standard InChI is InChI=1S/C10H19NO4/c12-7-8-15-9-1-4-11(5-2-9)6-3-10(13)14/h9,12H,1-8H2,(H,13,14). The van der Waals surface area contributed by atoms with Crippen molar-refractivity contribution in [3.8, 4) is 0 Å². The van der Waals surface area contributed by atoms with Crippen molar-refractivity contribution >= 4 is 5.97 Å². The molecule has 0 unspecified atom stereocenters. The molecule has 0 atom stereocenters. The molecule has 88 valence electrons. The van der Waals surface area contributed by atoms with E-state index in [1.165, 1.54) is 0 Å². The molecule has 5 nitrogen and oxygen atoms in total. The van der Waals surface area contributed by atoms with Crippen LogP contribution in [0.1, 0.15) is 19.3 Å².